The van der Waals surface area contributed by atoms with E-state index in [0.717, 1.165) is 0 Å². The van der Waals surface area contributed by atoms with Crippen molar-refractivity contribution in [3.8, 4) is 0 Å². The smallest absolute Gasteiger partial charge is 0.287 e. The Labute approximate surface area is 133 Å². The number of benzene rings is 1. The molecule has 2 rings (SSSR count). The quantitative estimate of drug-likeness (QED) is 0.871. The van der Waals surface area contributed by atoms with Crippen LogP contribution in [0.15, 0.2) is 45.7 Å². The van der Waals surface area contributed by atoms with E-state index in [1.165, 1.54) is 24.3 Å². The Morgan fingerprint density at radius 3 is 2.64 bits per heavy atom. The summed E-state index contributed by atoms with van der Waals surface area (Å²) in [6.07, 6.45) is 0.564. The number of carbonyl (C=O) groups is 1. The van der Waals surface area contributed by atoms with E-state index in [-0.39, 0.29) is 21.9 Å². The van der Waals surface area contributed by atoms with Crippen molar-refractivity contribution in [3.63, 3.8) is 0 Å². The van der Waals surface area contributed by atoms with E-state index >= 15 is 0 Å². The first-order valence-electron chi connectivity index (χ1n) is 6.50. The minimum atomic E-state index is -3.79. The number of sulfonamides is 1. The minimum Gasteiger partial charge on any atom is -0.440 e. The highest BCUT2D eigenvalue weighted by Gasteiger charge is 2.18. The Bertz CT molecular complexity index is 786. The molecule has 8 heteroatoms. The van der Waals surface area contributed by atoms with Gasteiger partial charge < -0.3 is 9.73 Å². The highest BCUT2D eigenvalue weighted by molar-refractivity contribution is 7.89. The molecule has 1 heterocycles. The molecular formula is C14H15ClN2O4S. The van der Waals surface area contributed by atoms with Crippen molar-refractivity contribution in [1.82, 2.24) is 5.32 Å². The van der Waals surface area contributed by atoms with E-state index in [1.807, 2.05) is 6.92 Å². The highest BCUT2D eigenvalue weighted by Crippen LogP contribution is 2.21. The number of primary sulfonamides is 1. The van der Waals surface area contributed by atoms with Crippen molar-refractivity contribution < 1.29 is 17.6 Å². The van der Waals surface area contributed by atoms with Crippen LogP contribution in [0.25, 0.3) is 0 Å². The number of hydrogen-bond donors (Lipinski definition) is 2. The number of rotatable bonds is 5. The van der Waals surface area contributed by atoms with Crippen molar-refractivity contribution in [1.29, 1.82) is 0 Å². The fourth-order valence-corrected chi connectivity index (χ4v) is 2.71. The number of nitrogens with one attached hydrogen (secondary N) is 1. The van der Waals surface area contributed by atoms with Crippen molar-refractivity contribution in [2.24, 2.45) is 5.14 Å². The van der Waals surface area contributed by atoms with E-state index < -0.39 is 15.9 Å². The number of hydrogen-bond acceptors (Lipinski definition) is 4. The minimum absolute atomic E-state index is 0.00116. The third-order valence-corrected chi connectivity index (χ3v) is 4.21. The summed E-state index contributed by atoms with van der Waals surface area (Å²) < 4.78 is 27.8. The Balaban J connectivity index is 2.23. The van der Waals surface area contributed by atoms with Gasteiger partial charge in [-0.1, -0.05) is 19.1 Å². The molecule has 0 aliphatic rings. The molecule has 0 aliphatic heterocycles. The maximum Gasteiger partial charge on any atom is 0.287 e. The average molecular weight is 343 g/mol. The summed E-state index contributed by atoms with van der Waals surface area (Å²) >= 11 is 5.64. The summed E-state index contributed by atoms with van der Waals surface area (Å²) in [4.78, 5) is 12.1. The third kappa shape index (κ3) is 3.88. The van der Waals surface area contributed by atoms with Gasteiger partial charge in [0.05, 0.1) is 10.9 Å². The largest absolute Gasteiger partial charge is 0.440 e. The normalized spacial score (nSPS) is 12.9. The first-order chi connectivity index (χ1) is 10.3. The topological polar surface area (TPSA) is 102 Å². The molecule has 2 aromatic rings. The van der Waals surface area contributed by atoms with Crippen LogP contribution in [0.3, 0.4) is 0 Å². The zero-order valence-corrected chi connectivity index (χ0v) is 13.3. The fourth-order valence-electron chi connectivity index (χ4n) is 2.00. The molecule has 0 saturated carbocycles. The molecule has 0 spiro atoms. The van der Waals surface area contributed by atoms with E-state index in [0.29, 0.717) is 12.0 Å². The number of furan rings is 1. The van der Waals surface area contributed by atoms with Gasteiger partial charge in [-0.2, -0.15) is 0 Å². The van der Waals surface area contributed by atoms with Gasteiger partial charge in [0.1, 0.15) is 0 Å². The van der Waals surface area contributed by atoms with Crippen LogP contribution in [0, 0.1) is 0 Å². The summed E-state index contributed by atoms with van der Waals surface area (Å²) in [7, 11) is -3.79. The first kappa shape index (κ1) is 16.5. The second kappa shape index (κ2) is 6.51. The second-order valence-electron chi connectivity index (χ2n) is 4.66. The van der Waals surface area contributed by atoms with Gasteiger partial charge in [0.15, 0.2) is 11.0 Å². The molecular weight excluding hydrogens is 328 g/mol. The van der Waals surface area contributed by atoms with Gasteiger partial charge in [0.25, 0.3) is 5.91 Å². The summed E-state index contributed by atoms with van der Waals surface area (Å²) in [5.41, 5.74) is 0.639. The summed E-state index contributed by atoms with van der Waals surface area (Å²) in [5.74, 6) is -0.342. The Morgan fingerprint density at radius 1 is 1.36 bits per heavy atom. The molecule has 0 saturated heterocycles. The maximum atomic E-state index is 12.1. The van der Waals surface area contributed by atoms with Crippen LogP contribution in [-0.2, 0) is 10.0 Å². The second-order valence-corrected chi connectivity index (χ2v) is 6.59. The molecule has 1 aromatic heterocycles. The first-order valence-corrected chi connectivity index (χ1v) is 8.42. The molecule has 0 bridgehead atoms. The van der Waals surface area contributed by atoms with Gasteiger partial charge in [0, 0.05) is 0 Å². The van der Waals surface area contributed by atoms with Crippen LogP contribution >= 0.6 is 11.6 Å². The molecule has 22 heavy (non-hydrogen) atoms. The molecule has 1 amide bonds. The molecule has 0 unspecified atom stereocenters. The predicted octanol–water partition coefficient (Wildman–Crippen LogP) is 2.46. The lowest BCUT2D eigenvalue weighted by Crippen LogP contribution is -2.28. The van der Waals surface area contributed by atoms with Crippen LogP contribution in [0.2, 0.25) is 5.22 Å². The molecule has 1 aromatic carbocycles. The van der Waals surface area contributed by atoms with Crippen LogP contribution in [-0.4, -0.2) is 14.3 Å². The van der Waals surface area contributed by atoms with Crippen molar-refractivity contribution >= 4 is 27.5 Å². The summed E-state index contributed by atoms with van der Waals surface area (Å²) in [6.45, 7) is 1.86. The third-order valence-electron chi connectivity index (χ3n) is 3.10. The monoisotopic (exact) mass is 342 g/mol. The molecule has 6 nitrogen and oxygen atoms in total. The molecule has 0 radical (unpaired) electrons. The molecule has 118 valence electrons. The lowest BCUT2D eigenvalue weighted by atomic mass is 10.0. The molecule has 1 atom stereocenters. The number of amides is 1. The van der Waals surface area contributed by atoms with Crippen molar-refractivity contribution in [3.05, 3.63) is 52.9 Å². The average Bonchev–Trinajstić information content (AvgIpc) is 2.90. The van der Waals surface area contributed by atoms with Crippen molar-refractivity contribution in [2.75, 3.05) is 0 Å². The number of halogens is 1. The van der Waals surface area contributed by atoms with Gasteiger partial charge >= 0.3 is 0 Å². The van der Waals surface area contributed by atoms with Gasteiger partial charge in [-0.3, -0.25) is 4.79 Å². The van der Waals surface area contributed by atoms with Gasteiger partial charge in [-0.25, -0.2) is 13.6 Å². The molecule has 0 aliphatic carbocycles. The number of nitrogens with two attached hydrogens (primary N) is 1. The van der Waals surface area contributed by atoms with E-state index in [4.69, 9.17) is 21.2 Å². The number of carbonyl (C=O) groups excluding carboxylic acids is 1. The molecule has 0 fully saturated rings. The van der Waals surface area contributed by atoms with Gasteiger partial charge in [0.2, 0.25) is 10.0 Å². The Hall–Kier alpha value is -1.83. The zero-order chi connectivity index (χ0) is 16.3. The van der Waals surface area contributed by atoms with Crippen LogP contribution < -0.4 is 10.5 Å². The summed E-state index contributed by atoms with van der Waals surface area (Å²) in [5, 5.41) is 8.00. The van der Waals surface area contributed by atoms with Gasteiger partial charge in [-0.05, 0) is 47.9 Å². The Morgan fingerprint density at radius 2 is 2.09 bits per heavy atom. The maximum absolute atomic E-state index is 12.1. The standard InChI is InChI=1S/C14H15ClN2O4S/c1-2-11(17-14(18)12-6-7-13(15)21-12)9-4-3-5-10(8-9)22(16,19)20/h3-8,11H,2H2,1H3,(H,17,18)(H2,16,19,20)/t11-/m1/s1. The molecule has 3 N–H and O–H groups in total. The lowest BCUT2D eigenvalue weighted by molar-refractivity contribution is 0.0907. The highest BCUT2D eigenvalue weighted by atomic mass is 35.5. The SMILES string of the molecule is CC[C@@H](NC(=O)c1ccc(Cl)o1)c1cccc(S(N)(=O)=O)c1. The van der Waals surface area contributed by atoms with Crippen molar-refractivity contribution in [2.45, 2.75) is 24.3 Å². The fraction of sp³-hybridized carbons (Fsp3) is 0.214. The van der Waals surface area contributed by atoms with E-state index in [2.05, 4.69) is 5.32 Å². The predicted molar refractivity (Wildman–Crippen MR) is 82.0 cm³/mol. The zero-order valence-electron chi connectivity index (χ0n) is 11.7. The van der Waals surface area contributed by atoms with Gasteiger partial charge in [-0.15, -0.1) is 0 Å². The van der Waals surface area contributed by atoms with Crippen LogP contribution in [0.1, 0.15) is 35.5 Å². The van der Waals surface area contributed by atoms with E-state index in [9.17, 15) is 13.2 Å². The van der Waals surface area contributed by atoms with Crippen LogP contribution in [0.4, 0.5) is 0 Å². The lowest BCUT2D eigenvalue weighted by Gasteiger charge is -2.17. The van der Waals surface area contributed by atoms with E-state index in [1.54, 1.807) is 12.1 Å². The Kier molecular flexibility index (Phi) is 4.90. The summed E-state index contributed by atoms with van der Waals surface area (Å²) in [6, 6.07) is 8.70. The van der Waals surface area contributed by atoms with Crippen LogP contribution in [0.5, 0.6) is 0 Å².